The van der Waals surface area contributed by atoms with E-state index in [1.165, 1.54) is 18.2 Å². The van der Waals surface area contributed by atoms with Crippen molar-refractivity contribution in [3.8, 4) is 0 Å². The van der Waals surface area contributed by atoms with Crippen LogP contribution in [0.5, 0.6) is 0 Å². The first kappa shape index (κ1) is 18.1. The fourth-order valence-corrected chi connectivity index (χ4v) is 4.19. The normalized spacial score (nSPS) is 19.0. The quantitative estimate of drug-likeness (QED) is 0.655. The van der Waals surface area contributed by atoms with Crippen molar-refractivity contribution in [1.82, 2.24) is 0 Å². The van der Waals surface area contributed by atoms with Gasteiger partial charge in [0.25, 0.3) is 6.43 Å². The van der Waals surface area contributed by atoms with E-state index in [0.29, 0.717) is 12.8 Å². The summed E-state index contributed by atoms with van der Waals surface area (Å²) >= 11 is 0. The Balaban J connectivity index is 1.83. The summed E-state index contributed by atoms with van der Waals surface area (Å²) in [4.78, 5) is 0. The average Bonchev–Trinajstić information content (AvgIpc) is 2.64. The van der Waals surface area contributed by atoms with Crippen molar-refractivity contribution in [2.45, 2.75) is 50.6 Å². The maximum atomic E-state index is 13.6. The number of hydrogen-bond donors (Lipinski definition) is 0. The van der Waals surface area contributed by atoms with Crippen molar-refractivity contribution >= 4 is 0 Å². The van der Waals surface area contributed by atoms with Gasteiger partial charge in [0.05, 0.1) is 0 Å². The molecular weight excluding hydrogens is 318 g/mol. The summed E-state index contributed by atoms with van der Waals surface area (Å²) in [6.07, 6.45) is 1.77. The lowest BCUT2D eigenvalue weighted by molar-refractivity contribution is -0.154. The number of ether oxygens (including phenoxy) is 1. The topological polar surface area (TPSA) is 9.23 Å². The standard InChI is InChI=1S/C22H26F2O/c1-25-22(20(23)24)14-12-21(13-15-22,16-18-8-4-2-5-9-18)17-19-10-6-3-7-11-19/h2-11,20H,12-17H2,1H3. The molecule has 0 aromatic heterocycles. The fourth-order valence-electron chi connectivity index (χ4n) is 4.19. The Morgan fingerprint density at radius 2 is 1.24 bits per heavy atom. The summed E-state index contributed by atoms with van der Waals surface area (Å²) in [5.74, 6) is 0. The summed E-state index contributed by atoms with van der Waals surface area (Å²) in [5, 5.41) is 0. The van der Waals surface area contributed by atoms with Crippen molar-refractivity contribution in [1.29, 1.82) is 0 Å². The zero-order valence-electron chi connectivity index (χ0n) is 14.8. The summed E-state index contributed by atoms with van der Waals surface area (Å²) in [5.41, 5.74) is 1.30. The van der Waals surface area contributed by atoms with Gasteiger partial charge in [-0.2, -0.15) is 0 Å². The Hall–Kier alpha value is -1.74. The van der Waals surface area contributed by atoms with Crippen molar-refractivity contribution in [2.75, 3.05) is 7.11 Å². The number of hydrogen-bond acceptors (Lipinski definition) is 1. The number of halogens is 2. The van der Waals surface area contributed by atoms with Crippen LogP contribution in [0.4, 0.5) is 8.78 Å². The van der Waals surface area contributed by atoms with Gasteiger partial charge < -0.3 is 4.74 Å². The molecule has 0 amide bonds. The van der Waals surface area contributed by atoms with E-state index in [2.05, 4.69) is 24.3 Å². The molecule has 1 aliphatic carbocycles. The predicted octanol–water partition coefficient (Wildman–Crippen LogP) is 5.68. The van der Waals surface area contributed by atoms with Crippen LogP contribution in [0.25, 0.3) is 0 Å². The molecule has 134 valence electrons. The van der Waals surface area contributed by atoms with Crippen LogP contribution in [0.3, 0.4) is 0 Å². The third-order valence-electron chi connectivity index (χ3n) is 5.81. The first-order valence-electron chi connectivity index (χ1n) is 8.99. The monoisotopic (exact) mass is 344 g/mol. The Morgan fingerprint density at radius 1 is 0.800 bits per heavy atom. The molecule has 0 unspecified atom stereocenters. The zero-order chi connectivity index (χ0) is 17.8. The van der Waals surface area contributed by atoms with Gasteiger partial charge in [-0.15, -0.1) is 0 Å². The third kappa shape index (κ3) is 4.09. The molecule has 1 aliphatic rings. The van der Waals surface area contributed by atoms with Crippen LogP contribution in [0, 0.1) is 5.41 Å². The van der Waals surface area contributed by atoms with Crippen LogP contribution in [0.15, 0.2) is 60.7 Å². The average molecular weight is 344 g/mol. The number of alkyl halides is 2. The summed E-state index contributed by atoms with van der Waals surface area (Å²) in [7, 11) is 1.42. The first-order chi connectivity index (χ1) is 12.1. The fraction of sp³-hybridized carbons (Fsp3) is 0.455. The number of rotatable bonds is 6. The summed E-state index contributed by atoms with van der Waals surface area (Å²) in [6.45, 7) is 0. The SMILES string of the molecule is COC1(C(F)F)CCC(Cc2ccccc2)(Cc2ccccc2)CC1. The van der Waals surface area contributed by atoms with Gasteiger partial charge in [-0.05, 0) is 55.1 Å². The van der Waals surface area contributed by atoms with E-state index < -0.39 is 12.0 Å². The van der Waals surface area contributed by atoms with Gasteiger partial charge in [-0.1, -0.05) is 60.7 Å². The molecule has 1 saturated carbocycles. The summed E-state index contributed by atoms with van der Waals surface area (Å²) in [6, 6.07) is 20.8. The molecule has 2 aromatic rings. The second-order valence-electron chi connectivity index (χ2n) is 7.39. The zero-order valence-corrected chi connectivity index (χ0v) is 14.8. The minimum Gasteiger partial charge on any atom is -0.372 e. The molecule has 0 bridgehead atoms. The third-order valence-corrected chi connectivity index (χ3v) is 5.81. The van der Waals surface area contributed by atoms with E-state index in [-0.39, 0.29) is 5.41 Å². The van der Waals surface area contributed by atoms with Gasteiger partial charge in [-0.3, -0.25) is 0 Å². The maximum Gasteiger partial charge on any atom is 0.267 e. The van der Waals surface area contributed by atoms with Gasteiger partial charge in [0.15, 0.2) is 0 Å². The second kappa shape index (κ2) is 7.65. The Labute approximate surface area is 149 Å². The lowest BCUT2D eigenvalue weighted by Crippen LogP contribution is -2.47. The van der Waals surface area contributed by atoms with E-state index >= 15 is 0 Å². The first-order valence-corrected chi connectivity index (χ1v) is 8.99. The predicted molar refractivity (Wildman–Crippen MR) is 96.9 cm³/mol. The van der Waals surface area contributed by atoms with E-state index in [1.54, 1.807) is 0 Å². The highest BCUT2D eigenvalue weighted by Gasteiger charge is 2.48. The van der Waals surface area contributed by atoms with Gasteiger partial charge in [0.1, 0.15) is 5.60 Å². The molecule has 3 rings (SSSR count). The lowest BCUT2D eigenvalue weighted by atomic mass is 9.63. The van der Waals surface area contributed by atoms with Crippen molar-refractivity contribution < 1.29 is 13.5 Å². The highest BCUT2D eigenvalue weighted by molar-refractivity contribution is 5.21. The van der Waals surface area contributed by atoms with Crippen molar-refractivity contribution in [2.24, 2.45) is 5.41 Å². The molecule has 0 radical (unpaired) electrons. The molecule has 1 nitrogen and oxygen atoms in total. The Morgan fingerprint density at radius 3 is 1.60 bits per heavy atom. The molecule has 0 N–H and O–H groups in total. The van der Waals surface area contributed by atoms with E-state index in [4.69, 9.17) is 4.74 Å². The highest BCUT2D eigenvalue weighted by Crippen LogP contribution is 2.48. The Kier molecular flexibility index (Phi) is 5.53. The van der Waals surface area contributed by atoms with Crippen LogP contribution in [0.2, 0.25) is 0 Å². The van der Waals surface area contributed by atoms with Crippen LogP contribution in [0.1, 0.15) is 36.8 Å². The molecule has 2 aromatic carbocycles. The smallest absolute Gasteiger partial charge is 0.267 e. The van der Waals surface area contributed by atoms with Gasteiger partial charge in [-0.25, -0.2) is 8.78 Å². The summed E-state index contributed by atoms with van der Waals surface area (Å²) < 4.78 is 32.4. The highest BCUT2D eigenvalue weighted by atomic mass is 19.3. The minimum atomic E-state index is -2.43. The molecular formula is C22H26F2O. The number of methoxy groups -OCH3 is 1. The van der Waals surface area contributed by atoms with Crippen molar-refractivity contribution in [3.05, 3.63) is 71.8 Å². The minimum absolute atomic E-state index is 0.0135. The van der Waals surface area contributed by atoms with Gasteiger partial charge in [0.2, 0.25) is 0 Å². The molecule has 0 heterocycles. The van der Waals surface area contributed by atoms with E-state index in [1.807, 2.05) is 36.4 Å². The van der Waals surface area contributed by atoms with Crippen LogP contribution < -0.4 is 0 Å². The molecule has 0 aliphatic heterocycles. The molecule has 0 atom stereocenters. The van der Waals surface area contributed by atoms with Gasteiger partial charge in [0, 0.05) is 7.11 Å². The second-order valence-corrected chi connectivity index (χ2v) is 7.39. The van der Waals surface area contributed by atoms with E-state index in [9.17, 15) is 8.78 Å². The molecule has 0 spiro atoms. The van der Waals surface area contributed by atoms with Gasteiger partial charge >= 0.3 is 0 Å². The van der Waals surface area contributed by atoms with E-state index in [0.717, 1.165) is 25.7 Å². The molecule has 0 saturated heterocycles. The largest absolute Gasteiger partial charge is 0.372 e. The molecule has 25 heavy (non-hydrogen) atoms. The Bertz CT molecular complexity index is 603. The number of benzene rings is 2. The lowest BCUT2D eigenvalue weighted by Gasteiger charge is -2.46. The maximum absolute atomic E-state index is 13.6. The van der Waals surface area contributed by atoms with Crippen molar-refractivity contribution in [3.63, 3.8) is 0 Å². The van der Waals surface area contributed by atoms with Crippen LogP contribution in [-0.2, 0) is 17.6 Å². The van der Waals surface area contributed by atoms with Crippen LogP contribution in [-0.4, -0.2) is 19.1 Å². The van der Waals surface area contributed by atoms with Crippen LogP contribution >= 0.6 is 0 Å². The molecule has 3 heteroatoms. The molecule has 1 fully saturated rings.